The zero-order valence-corrected chi connectivity index (χ0v) is 14.5. The van der Waals surface area contributed by atoms with Crippen molar-refractivity contribution in [3.05, 3.63) is 29.8 Å². The van der Waals surface area contributed by atoms with E-state index in [-0.39, 0.29) is 17.5 Å². The fourth-order valence-electron chi connectivity index (χ4n) is 3.77. The number of hydrogen-bond donors (Lipinski definition) is 0. The molecule has 0 unspecified atom stereocenters. The highest BCUT2D eigenvalue weighted by atomic mass is 16.6. The Labute approximate surface area is 142 Å². The Morgan fingerprint density at radius 2 is 1.75 bits per heavy atom. The van der Waals surface area contributed by atoms with Crippen LogP contribution in [0.1, 0.15) is 37.7 Å². The van der Waals surface area contributed by atoms with Crippen LogP contribution >= 0.6 is 0 Å². The van der Waals surface area contributed by atoms with Crippen LogP contribution in [0, 0.1) is 5.92 Å². The van der Waals surface area contributed by atoms with E-state index in [1.807, 2.05) is 24.3 Å². The fourth-order valence-corrected chi connectivity index (χ4v) is 3.77. The van der Waals surface area contributed by atoms with E-state index < -0.39 is 0 Å². The van der Waals surface area contributed by atoms with Gasteiger partial charge in [-0.1, -0.05) is 12.5 Å². The number of hydrogen-bond acceptors (Lipinski definition) is 5. The first-order chi connectivity index (χ1) is 11.6. The first-order valence-electron chi connectivity index (χ1n) is 8.35. The zero-order valence-electron chi connectivity index (χ0n) is 14.5. The molecule has 3 rings (SSSR count). The Bertz CT molecular complexity index is 621. The monoisotopic (exact) mass is 332 g/mol. The molecule has 0 radical (unpaired) electrons. The lowest BCUT2D eigenvalue weighted by Gasteiger charge is -2.48. The molecule has 1 saturated carbocycles. The van der Waals surface area contributed by atoms with Gasteiger partial charge in [0.05, 0.1) is 21.3 Å². The molecule has 1 aromatic rings. The predicted octanol–water partition coefficient (Wildman–Crippen LogP) is 3.57. The van der Waals surface area contributed by atoms with E-state index >= 15 is 0 Å². The van der Waals surface area contributed by atoms with Gasteiger partial charge in [-0.2, -0.15) is 0 Å². The lowest BCUT2D eigenvalue weighted by atomic mass is 9.71. The summed E-state index contributed by atoms with van der Waals surface area (Å²) in [7, 11) is 4.80. The molecule has 1 saturated heterocycles. The molecule has 2 aliphatic rings. The first-order valence-corrected chi connectivity index (χ1v) is 8.35. The van der Waals surface area contributed by atoms with Gasteiger partial charge in [0.1, 0.15) is 34.3 Å². The minimum Gasteiger partial charge on any atom is -0.496 e. The van der Waals surface area contributed by atoms with Crippen molar-refractivity contribution >= 4 is 11.7 Å². The summed E-state index contributed by atoms with van der Waals surface area (Å²) >= 11 is 0. The van der Waals surface area contributed by atoms with Crippen LogP contribution in [0.25, 0.3) is 5.76 Å². The standard InChI is InChI=1S/C19H24O5/c1-21-14-8-7-9-15(22-2)17(14)16(23-3)12-13-18(20)24-19(13)10-5-4-6-11-19/h7-9,12-13H,4-6,10-11H2,1-3H3/b16-12-/t13-/m0/s1. The van der Waals surface area contributed by atoms with Crippen molar-refractivity contribution in [2.45, 2.75) is 37.7 Å². The van der Waals surface area contributed by atoms with E-state index in [0.717, 1.165) is 31.2 Å². The Morgan fingerprint density at radius 3 is 2.25 bits per heavy atom. The second kappa shape index (κ2) is 6.75. The van der Waals surface area contributed by atoms with Crippen molar-refractivity contribution in [1.29, 1.82) is 0 Å². The molecule has 0 amide bonds. The van der Waals surface area contributed by atoms with Crippen molar-refractivity contribution in [2.24, 2.45) is 5.92 Å². The maximum atomic E-state index is 12.1. The topological polar surface area (TPSA) is 54.0 Å². The van der Waals surface area contributed by atoms with E-state index in [2.05, 4.69) is 0 Å². The van der Waals surface area contributed by atoms with E-state index in [4.69, 9.17) is 18.9 Å². The molecule has 1 spiro atoms. The van der Waals surface area contributed by atoms with Gasteiger partial charge in [-0.3, -0.25) is 4.79 Å². The van der Waals surface area contributed by atoms with Gasteiger partial charge < -0.3 is 18.9 Å². The summed E-state index contributed by atoms with van der Waals surface area (Å²) in [6, 6.07) is 5.55. The van der Waals surface area contributed by atoms with E-state index in [1.165, 1.54) is 6.42 Å². The third-order valence-electron chi connectivity index (χ3n) is 5.04. The van der Waals surface area contributed by atoms with Gasteiger partial charge in [0.25, 0.3) is 0 Å². The molecule has 1 aliphatic carbocycles. The second-order valence-corrected chi connectivity index (χ2v) is 6.30. The van der Waals surface area contributed by atoms with Crippen LogP contribution in [0.2, 0.25) is 0 Å². The molecular weight excluding hydrogens is 308 g/mol. The maximum absolute atomic E-state index is 12.1. The van der Waals surface area contributed by atoms with E-state index in [9.17, 15) is 4.79 Å². The summed E-state index contributed by atoms with van der Waals surface area (Å²) in [5.74, 6) is 1.42. The van der Waals surface area contributed by atoms with Crippen LogP contribution < -0.4 is 9.47 Å². The molecule has 1 aromatic carbocycles. The largest absolute Gasteiger partial charge is 0.496 e. The summed E-state index contributed by atoms with van der Waals surface area (Å²) < 4.78 is 22.1. The van der Waals surface area contributed by atoms with Crippen molar-refractivity contribution in [2.75, 3.05) is 21.3 Å². The number of carbonyl (C=O) groups is 1. The van der Waals surface area contributed by atoms with Gasteiger partial charge in [-0.05, 0) is 43.9 Å². The van der Waals surface area contributed by atoms with Gasteiger partial charge in [-0.25, -0.2) is 0 Å². The number of methoxy groups -OCH3 is 3. The molecule has 0 N–H and O–H groups in total. The average Bonchev–Trinajstić information content (AvgIpc) is 2.62. The van der Waals surface area contributed by atoms with Crippen LogP contribution in [0.15, 0.2) is 24.3 Å². The van der Waals surface area contributed by atoms with Gasteiger partial charge in [0.2, 0.25) is 0 Å². The molecule has 1 atom stereocenters. The van der Waals surface area contributed by atoms with Crippen molar-refractivity contribution < 1.29 is 23.7 Å². The summed E-state index contributed by atoms with van der Waals surface area (Å²) in [5, 5.41) is 0. The van der Waals surface area contributed by atoms with Gasteiger partial charge in [0.15, 0.2) is 0 Å². The van der Waals surface area contributed by atoms with E-state index in [0.29, 0.717) is 17.3 Å². The highest BCUT2D eigenvalue weighted by Gasteiger charge is 2.55. The molecule has 2 fully saturated rings. The molecular formula is C19H24O5. The van der Waals surface area contributed by atoms with Crippen LogP contribution in [0.4, 0.5) is 0 Å². The second-order valence-electron chi connectivity index (χ2n) is 6.30. The lowest BCUT2D eigenvalue weighted by Crippen LogP contribution is -2.57. The lowest BCUT2D eigenvalue weighted by molar-refractivity contribution is -0.212. The van der Waals surface area contributed by atoms with Crippen molar-refractivity contribution in [1.82, 2.24) is 0 Å². The quantitative estimate of drug-likeness (QED) is 0.609. The number of ether oxygens (including phenoxy) is 4. The number of benzene rings is 1. The van der Waals surface area contributed by atoms with Crippen molar-refractivity contribution in [3.8, 4) is 11.5 Å². The molecule has 130 valence electrons. The third-order valence-corrected chi connectivity index (χ3v) is 5.04. The normalized spacial score (nSPS) is 22.5. The zero-order chi connectivity index (χ0) is 17.2. The summed E-state index contributed by atoms with van der Waals surface area (Å²) in [6.07, 6.45) is 7.10. The highest BCUT2D eigenvalue weighted by molar-refractivity contribution is 5.85. The summed E-state index contributed by atoms with van der Waals surface area (Å²) in [6.45, 7) is 0. The molecule has 5 nitrogen and oxygen atoms in total. The SMILES string of the molecule is CO/C(=C\[C@H]1C(=O)OC12CCCCC2)c1c(OC)cccc1OC. The van der Waals surface area contributed by atoms with Crippen molar-refractivity contribution in [3.63, 3.8) is 0 Å². The van der Waals surface area contributed by atoms with Gasteiger partial charge in [-0.15, -0.1) is 0 Å². The Kier molecular flexibility index (Phi) is 4.69. The molecule has 5 heteroatoms. The third kappa shape index (κ3) is 2.72. The summed E-state index contributed by atoms with van der Waals surface area (Å²) in [4.78, 5) is 12.1. The van der Waals surface area contributed by atoms with E-state index in [1.54, 1.807) is 21.3 Å². The molecule has 1 heterocycles. The van der Waals surface area contributed by atoms with Crippen LogP contribution in [-0.4, -0.2) is 32.9 Å². The minimum atomic E-state index is -0.353. The van der Waals surface area contributed by atoms with Gasteiger partial charge >= 0.3 is 5.97 Å². The molecule has 0 aromatic heterocycles. The fraction of sp³-hybridized carbons (Fsp3) is 0.526. The average molecular weight is 332 g/mol. The summed E-state index contributed by atoms with van der Waals surface area (Å²) in [5.41, 5.74) is 0.365. The van der Waals surface area contributed by atoms with Crippen LogP contribution in [0.3, 0.4) is 0 Å². The van der Waals surface area contributed by atoms with Gasteiger partial charge in [0, 0.05) is 0 Å². The number of carbonyl (C=O) groups excluding carboxylic acids is 1. The van der Waals surface area contributed by atoms with Crippen LogP contribution in [-0.2, 0) is 14.3 Å². The first kappa shape index (κ1) is 16.7. The number of esters is 1. The maximum Gasteiger partial charge on any atom is 0.317 e. The smallest absolute Gasteiger partial charge is 0.317 e. The minimum absolute atomic E-state index is 0.180. The Hall–Kier alpha value is -2.17. The predicted molar refractivity (Wildman–Crippen MR) is 89.9 cm³/mol. The Morgan fingerprint density at radius 1 is 1.12 bits per heavy atom. The molecule has 1 aliphatic heterocycles. The number of rotatable bonds is 5. The van der Waals surface area contributed by atoms with Crippen LogP contribution in [0.5, 0.6) is 11.5 Å². The highest BCUT2D eigenvalue weighted by Crippen LogP contribution is 2.48. The molecule has 24 heavy (non-hydrogen) atoms. The molecule has 0 bridgehead atoms. The Balaban J connectivity index is 1.99.